The normalized spacial score (nSPS) is 19.4. The first-order valence-electron chi connectivity index (χ1n) is 6.90. The third kappa shape index (κ3) is 3.32. The molecule has 1 heterocycles. The Morgan fingerprint density at radius 1 is 1.50 bits per heavy atom. The fourth-order valence-electron chi connectivity index (χ4n) is 2.81. The predicted molar refractivity (Wildman–Crippen MR) is 72.8 cm³/mol. The van der Waals surface area contributed by atoms with Gasteiger partial charge in [0.15, 0.2) is 0 Å². The van der Waals surface area contributed by atoms with Crippen LogP contribution in [0.15, 0.2) is 18.2 Å². The number of aliphatic hydroxyl groups excluding tert-OH is 1. The van der Waals surface area contributed by atoms with Crippen molar-refractivity contribution in [2.45, 2.75) is 38.3 Å². The second-order valence-electron chi connectivity index (χ2n) is 5.14. The number of nitro groups is 1. The van der Waals surface area contributed by atoms with Crippen LogP contribution in [0.2, 0.25) is 0 Å². The number of benzene rings is 1. The standard InChI is InChI=1S/C14H19FN2O3/c15-14-11(4-1-7-13(14)17(19)20)10-16-8-2-5-12(16)6-3-9-18/h1,4,7,12,18H,2-3,5-6,8-10H2. The van der Waals surface area contributed by atoms with Crippen LogP contribution >= 0.6 is 0 Å². The largest absolute Gasteiger partial charge is 0.396 e. The van der Waals surface area contributed by atoms with Crippen molar-refractivity contribution >= 4 is 5.69 Å². The number of nitrogens with zero attached hydrogens (tertiary/aromatic N) is 2. The highest BCUT2D eigenvalue weighted by atomic mass is 19.1. The minimum absolute atomic E-state index is 0.162. The Bertz CT molecular complexity index is 481. The molecule has 0 radical (unpaired) electrons. The van der Waals surface area contributed by atoms with E-state index in [-0.39, 0.29) is 6.61 Å². The molecule has 1 saturated heterocycles. The summed E-state index contributed by atoms with van der Waals surface area (Å²) < 4.78 is 14.0. The summed E-state index contributed by atoms with van der Waals surface area (Å²) >= 11 is 0. The molecule has 0 aromatic heterocycles. The zero-order valence-corrected chi connectivity index (χ0v) is 11.3. The van der Waals surface area contributed by atoms with E-state index in [0.717, 1.165) is 32.2 Å². The van der Waals surface area contributed by atoms with Crippen LogP contribution in [0, 0.1) is 15.9 Å². The second kappa shape index (κ2) is 6.76. The van der Waals surface area contributed by atoms with E-state index in [0.29, 0.717) is 18.2 Å². The molecule has 1 aromatic rings. The Morgan fingerprint density at radius 3 is 3.00 bits per heavy atom. The van der Waals surface area contributed by atoms with E-state index >= 15 is 0 Å². The van der Waals surface area contributed by atoms with Gasteiger partial charge in [-0.05, 0) is 32.2 Å². The predicted octanol–water partition coefficient (Wildman–Crippen LogP) is 2.47. The molecule has 0 aliphatic carbocycles. The van der Waals surface area contributed by atoms with E-state index in [1.807, 2.05) is 0 Å². The first-order valence-corrected chi connectivity index (χ1v) is 6.90. The molecule has 6 heteroatoms. The Hall–Kier alpha value is -1.53. The third-order valence-electron chi connectivity index (χ3n) is 3.82. The van der Waals surface area contributed by atoms with Gasteiger partial charge < -0.3 is 5.11 Å². The Labute approximate surface area is 117 Å². The van der Waals surface area contributed by atoms with Gasteiger partial charge >= 0.3 is 5.69 Å². The third-order valence-corrected chi connectivity index (χ3v) is 3.82. The summed E-state index contributed by atoms with van der Waals surface area (Å²) in [5.41, 5.74) is -0.0938. The quantitative estimate of drug-likeness (QED) is 0.643. The van der Waals surface area contributed by atoms with Crippen LogP contribution in [0.5, 0.6) is 0 Å². The molecule has 0 bridgehead atoms. The number of aliphatic hydroxyl groups is 1. The molecular formula is C14H19FN2O3. The molecule has 2 rings (SSSR count). The van der Waals surface area contributed by atoms with Gasteiger partial charge in [0, 0.05) is 30.8 Å². The molecule has 1 N–H and O–H groups in total. The highest BCUT2D eigenvalue weighted by molar-refractivity contribution is 5.36. The molecule has 1 fully saturated rings. The molecule has 1 atom stereocenters. The van der Waals surface area contributed by atoms with Gasteiger partial charge in [-0.15, -0.1) is 0 Å². The van der Waals surface area contributed by atoms with Crippen molar-refractivity contribution < 1.29 is 14.4 Å². The van der Waals surface area contributed by atoms with E-state index in [4.69, 9.17) is 5.11 Å². The van der Waals surface area contributed by atoms with Crippen LogP contribution in [-0.4, -0.2) is 34.1 Å². The summed E-state index contributed by atoms with van der Waals surface area (Å²) in [6.07, 6.45) is 3.70. The summed E-state index contributed by atoms with van der Waals surface area (Å²) in [4.78, 5) is 12.2. The lowest BCUT2D eigenvalue weighted by Crippen LogP contribution is -2.29. The lowest BCUT2D eigenvalue weighted by Gasteiger charge is -2.24. The maximum absolute atomic E-state index is 14.0. The summed E-state index contributed by atoms with van der Waals surface area (Å²) in [7, 11) is 0. The van der Waals surface area contributed by atoms with Gasteiger partial charge in [-0.25, -0.2) is 0 Å². The van der Waals surface area contributed by atoms with Crippen molar-refractivity contribution in [3.05, 3.63) is 39.7 Å². The minimum atomic E-state index is -0.731. The molecule has 1 unspecified atom stereocenters. The number of hydrogen-bond donors (Lipinski definition) is 1. The van der Waals surface area contributed by atoms with Gasteiger partial charge in [0.2, 0.25) is 5.82 Å². The second-order valence-corrected chi connectivity index (χ2v) is 5.14. The van der Waals surface area contributed by atoms with Crippen LogP contribution in [0.1, 0.15) is 31.2 Å². The van der Waals surface area contributed by atoms with E-state index in [1.54, 1.807) is 6.07 Å². The number of hydrogen-bond acceptors (Lipinski definition) is 4. The van der Waals surface area contributed by atoms with Crippen molar-refractivity contribution in [3.63, 3.8) is 0 Å². The maximum Gasteiger partial charge on any atom is 0.305 e. The van der Waals surface area contributed by atoms with Crippen LogP contribution in [0.4, 0.5) is 10.1 Å². The fourth-order valence-corrected chi connectivity index (χ4v) is 2.81. The smallest absolute Gasteiger partial charge is 0.305 e. The molecule has 1 aromatic carbocycles. The van der Waals surface area contributed by atoms with E-state index in [9.17, 15) is 14.5 Å². The van der Waals surface area contributed by atoms with E-state index in [1.165, 1.54) is 12.1 Å². The monoisotopic (exact) mass is 282 g/mol. The van der Waals surface area contributed by atoms with Crippen molar-refractivity contribution in [2.75, 3.05) is 13.2 Å². The number of nitro benzene ring substituents is 1. The van der Waals surface area contributed by atoms with Crippen LogP contribution in [0.3, 0.4) is 0 Å². The van der Waals surface area contributed by atoms with Gasteiger partial charge in [-0.3, -0.25) is 15.0 Å². The SMILES string of the molecule is O=[N+]([O-])c1cccc(CN2CCCC2CCCO)c1F. The maximum atomic E-state index is 14.0. The number of halogens is 1. The summed E-state index contributed by atoms with van der Waals surface area (Å²) in [6, 6.07) is 4.64. The summed E-state index contributed by atoms with van der Waals surface area (Å²) in [5, 5.41) is 19.6. The van der Waals surface area contributed by atoms with Crippen molar-refractivity contribution in [2.24, 2.45) is 0 Å². The van der Waals surface area contributed by atoms with Gasteiger partial charge in [0.1, 0.15) is 0 Å². The molecule has 1 aliphatic rings. The van der Waals surface area contributed by atoms with Crippen LogP contribution in [0.25, 0.3) is 0 Å². The molecule has 0 amide bonds. The fraction of sp³-hybridized carbons (Fsp3) is 0.571. The van der Waals surface area contributed by atoms with Gasteiger partial charge in [-0.1, -0.05) is 12.1 Å². The first-order chi connectivity index (χ1) is 9.63. The van der Waals surface area contributed by atoms with Gasteiger partial charge in [0.25, 0.3) is 0 Å². The average Bonchev–Trinajstić information content (AvgIpc) is 2.85. The van der Waals surface area contributed by atoms with Crippen LogP contribution < -0.4 is 0 Å². The summed E-state index contributed by atoms with van der Waals surface area (Å²) in [5.74, 6) is -0.731. The number of rotatable bonds is 6. The van der Waals surface area contributed by atoms with Crippen molar-refractivity contribution in [3.8, 4) is 0 Å². The number of likely N-dealkylation sites (tertiary alicyclic amines) is 1. The zero-order chi connectivity index (χ0) is 14.5. The van der Waals surface area contributed by atoms with Crippen molar-refractivity contribution in [1.29, 1.82) is 0 Å². The lowest BCUT2D eigenvalue weighted by atomic mass is 10.1. The Kier molecular flexibility index (Phi) is 5.03. The van der Waals surface area contributed by atoms with E-state index in [2.05, 4.69) is 4.90 Å². The molecule has 5 nitrogen and oxygen atoms in total. The Morgan fingerprint density at radius 2 is 2.30 bits per heavy atom. The first kappa shape index (κ1) is 14.9. The summed E-state index contributed by atoms with van der Waals surface area (Å²) in [6.45, 7) is 1.43. The molecule has 0 saturated carbocycles. The Balaban J connectivity index is 2.09. The molecule has 110 valence electrons. The van der Waals surface area contributed by atoms with Crippen molar-refractivity contribution in [1.82, 2.24) is 4.90 Å². The topological polar surface area (TPSA) is 66.6 Å². The molecule has 0 spiro atoms. The van der Waals surface area contributed by atoms with E-state index < -0.39 is 16.4 Å². The average molecular weight is 282 g/mol. The molecule has 20 heavy (non-hydrogen) atoms. The lowest BCUT2D eigenvalue weighted by molar-refractivity contribution is -0.387. The zero-order valence-electron chi connectivity index (χ0n) is 11.3. The molecular weight excluding hydrogens is 263 g/mol. The highest BCUT2D eigenvalue weighted by Gasteiger charge is 2.26. The molecule has 1 aliphatic heterocycles. The van der Waals surface area contributed by atoms with Crippen LogP contribution in [-0.2, 0) is 6.54 Å². The van der Waals surface area contributed by atoms with Gasteiger partial charge in [-0.2, -0.15) is 4.39 Å². The minimum Gasteiger partial charge on any atom is -0.396 e. The van der Waals surface area contributed by atoms with Gasteiger partial charge in [0.05, 0.1) is 4.92 Å². The highest BCUT2D eigenvalue weighted by Crippen LogP contribution is 2.26.